The smallest absolute Gasteiger partial charge is 0.0808 e. The zero-order chi connectivity index (χ0) is 4.83. The van der Waals surface area contributed by atoms with Crippen LogP contribution in [0.25, 0.3) is 0 Å². The minimum absolute atomic E-state index is 0.597. The second-order valence-electron chi connectivity index (χ2n) is 0.493. The highest BCUT2D eigenvalue weighted by molar-refractivity contribution is 6.15. The van der Waals surface area contributed by atoms with Gasteiger partial charge < -0.3 is 0 Å². The number of rotatable bonds is 1. The Morgan fingerprint density at radius 1 is 1.00 bits per heavy atom. The first-order valence-corrected chi connectivity index (χ1v) is 1.19. The molecule has 2 nitrogen and oxygen atoms in total. The highest BCUT2D eigenvalue weighted by Crippen LogP contribution is 1.60. The Bertz CT molecular complexity index is 57.9. The Balaban J connectivity index is 3.07. The van der Waals surface area contributed by atoms with Crippen LogP contribution in [0.15, 0.2) is 10.4 Å². The lowest BCUT2D eigenvalue weighted by atomic mass is 10.8. The molecule has 0 radical (unpaired) electrons. The second-order valence-corrected chi connectivity index (χ2v) is 0.493. The van der Waals surface area contributed by atoms with Crippen molar-refractivity contribution in [3.05, 3.63) is 0 Å². The molecule has 0 aromatic rings. The van der Waals surface area contributed by atoms with Crippen molar-refractivity contribution < 1.29 is 8.96 Å². The van der Waals surface area contributed by atoms with E-state index < -0.39 is 0 Å². The number of hydrogen-bond acceptors (Lipinski definition) is 2. The van der Waals surface area contributed by atoms with Gasteiger partial charge in [0.15, 0.2) is 0 Å². The van der Waals surface area contributed by atoms with E-state index in [0.717, 1.165) is 0 Å². The first-order chi connectivity index (χ1) is 2.91. The topological polar surface area (TPSA) is 24.7 Å². The first-order valence-electron chi connectivity index (χ1n) is 1.19. The summed E-state index contributed by atoms with van der Waals surface area (Å²) in [7, 11) is 0. The zero-order valence-electron chi connectivity index (χ0n) is 2.81. The van der Waals surface area contributed by atoms with E-state index in [1.54, 1.807) is 0 Å². The SMILES string of the molecule is F/N=C/C=N/F. The molecule has 4 heteroatoms. The lowest BCUT2D eigenvalue weighted by molar-refractivity contribution is 0.536. The van der Waals surface area contributed by atoms with Crippen LogP contribution in [0.4, 0.5) is 8.96 Å². The molecule has 0 aromatic carbocycles. The number of hydrogen-bond donors (Lipinski definition) is 0. The minimum Gasteiger partial charge on any atom is -0.0939 e. The third-order valence-corrected chi connectivity index (χ3v) is 0.179. The van der Waals surface area contributed by atoms with Crippen molar-refractivity contribution in [2.24, 2.45) is 10.4 Å². The molecule has 0 aliphatic rings. The Morgan fingerprint density at radius 3 is 1.50 bits per heavy atom. The largest absolute Gasteiger partial charge is 0.0939 e. The highest BCUT2D eigenvalue weighted by Gasteiger charge is 1.56. The zero-order valence-corrected chi connectivity index (χ0v) is 2.81. The molecule has 0 aliphatic carbocycles. The van der Waals surface area contributed by atoms with Crippen molar-refractivity contribution in [3.8, 4) is 0 Å². The van der Waals surface area contributed by atoms with Crippen LogP contribution < -0.4 is 0 Å². The van der Waals surface area contributed by atoms with Gasteiger partial charge in [0, 0.05) is 0 Å². The molecule has 6 heavy (non-hydrogen) atoms. The van der Waals surface area contributed by atoms with Crippen molar-refractivity contribution in [1.82, 2.24) is 0 Å². The molecule has 0 aliphatic heterocycles. The van der Waals surface area contributed by atoms with Gasteiger partial charge in [-0.05, 0) is 0 Å². The van der Waals surface area contributed by atoms with E-state index >= 15 is 0 Å². The van der Waals surface area contributed by atoms with Gasteiger partial charge in [-0.15, -0.1) is 0 Å². The van der Waals surface area contributed by atoms with Crippen LogP contribution in [0.3, 0.4) is 0 Å². The summed E-state index contributed by atoms with van der Waals surface area (Å²) in [6.07, 6.45) is 1.19. The van der Waals surface area contributed by atoms with Crippen LogP contribution in [0, 0.1) is 0 Å². The highest BCUT2D eigenvalue weighted by atomic mass is 19.2. The van der Waals surface area contributed by atoms with Gasteiger partial charge in [0.2, 0.25) is 0 Å². The molecule has 0 aromatic heterocycles. The van der Waals surface area contributed by atoms with Crippen molar-refractivity contribution in [3.63, 3.8) is 0 Å². The van der Waals surface area contributed by atoms with Crippen LogP contribution in [-0.2, 0) is 0 Å². The number of nitrogens with zero attached hydrogens (tertiary/aromatic N) is 2. The lowest BCUT2D eigenvalue weighted by Gasteiger charge is -1.55. The van der Waals surface area contributed by atoms with E-state index in [4.69, 9.17) is 0 Å². The molecule has 0 rings (SSSR count). The van der Waals surface area contributed by atoms with Gasteiger partial charge in [-0.2, -0.15) is 0 Å². The van der Waals surface area contributed by atoms with Gasteiger partial charge in [0.05, 0.1) is 12.4 Å². The van der Waals surface area contributed by atoms with Gasteiger partial charge in [-0.25, -0.2) is 0 Å². The van der Waals surface area contributed by atoms with E-state index in [0.29, 0.717) is 12.4 Å². The summed E-state index contributed by atoms with van der Waals surface area (Å²) in [5.74, 6) is 0. The van der Waals surface area contributed by atoms with Gasteiger partial charge in [0.25, 0.3) is 0 Å². The average Bonchev–Trinajstić information content (AvgIpc) is 1.61. The van der Waals surface area contributed by atoms with Gasteiger partial charge >= 0.3 is 0 Å². The van der Waals surface area contributed by atoms with E-state index in [1.165, 1.54) is 0 Å². The van der Waals surface area contributed by atoms with Crippen LogP contribution in [0.2, 0.25) is 0 Å². The lowest BCUT2D eigenvalue weighted by Crippen LogP contribution is -1.65. The molecule has 0 N–H and O–H groups in total. The minimum atomic E-state index is 0.597. The Morgan fingerprint density at radius 2 is 1.33 bits per heavy atom. The molecule has 0 spiro atoms. The normalized spacial score (nSPS) is 11.7. The maximum Gasteiger partial charge on any atom is 0.0808 e. The maximum atomic E-state index is 10.5. The predicted molar refractivity (Wildman–Crippen MR) is 19.2 cm³/mol. The quantitative estimate of drug-likeness (QED) is 0.429. The monoisotopic (exact) mass is 92.0 g/mol. The summed E-state index contributed by atoms with van der Waals surface area (Å²) in [5, 5.41) is 3.82. The third kappa shape index (κ3) is 3.20. The molecular formula is C2H2F2N2. The van der Waals surface area contributed by atoms with E-state index in [2.05, 4.69) is 0 Å². The Hall–Kier alpha value is -0.800. The van der Waals surface area contributed by atoms with Crippen LogP contribution in [0.5, 0.6) is 0 Å². The van der Waals surface area contributed by atoms with Crippen molar-refractivity contribution in [2.75, 3.05) is 0 Å². The standard InChI is InChI=1S/C2H2F2N2/c3-5-1-2-6-4/h1-2H/b5-1+,6-2+. The van der Waals surface area contributed by atoms with Gasteiger partial charge in [-0.3, -0.25) is 0 Å². The third-order valence-electron chi connectivity index (χ3n) is 0.179. The summed E-state index contributed by atoms with van der Waals surface area (Å²) in [5.41, 5.74) is 0. The average molecular weight is 92.0 g/mol. The maximum absolute atomic E-state index is 10.5. The molecule has 0 heterocycles. The van der Waals surface area contributed by atoms with Crippen LogP contribution in [0.1, 0.15) is 0 Å². The molecule has 0 bridgehead atoms. The van der Waals surface area contributed by atoms with Gasteiger partial charge in [-0.1, -0.05) is 19.4 Å². The fourth-order valence-corrected chi connectivity index (χ4v) is 0.0504. The predicted octanol–water partition coefficient (Wildman–Crippen LogP) is 0.897. The van der Waals surface area contributed by atoms with E-state index in [9.17, 15) is 8.96 Å². The Labute approximate surface area is 33.1 Å². The fraction of sp³-hybridized carbons (Fsp3) is 0. The molecule has 0 saturated carbocycles. The molecule has 0 unspecified atom stereocenters. The van der Waals surface area contributed by atoms with Crippen molar-refractivity contribution >= 4 is 12.4 Å². The molecule has 34 valence electrons. The van der Waals surface area contributed by atoms with Crippen molar-refractivity contribution in [2.45, 2.75) is 0 Å². The summed E-state index contributed by atoms with van der Waals surface area (Å²) >= 11 is 0. The first kappa shape index (κ1) is 5.20. The van der Waals surface area contributed by atoms with Crippen LogP contribution in [-0.4, -0.2) is 12.4 Å². The summed E-state index contributed by atoms with van der Waals surface area (Å²) < 4.78 is 21.0. The van der Waals surface area contributed by atoms with E-state index in [-0.39, 0.29) is 0 Å². The second kappa shape index (κ2) is 4.20. The molecule has 0 amide bonds. The van der Waals surface area contributed by atoms with Crippen LogP contribution >= 0.6 is 0 Å². The number of halogens is 2. The summed E-state index contributed by atoms with van der Waals surface area (Å²) in [4.78, 5) is 0. The van der Waals surface area contributed by atoms with Gasteiger partial charge in [0.1, 0.15) is 0 Å². The molecule has 0 fully saturated rings. The molecule has 0 atom stereocenters. The van der Waals surface area contributed by atoms with Crippen molar-refractivity contribution in [1.29, 1.82) is 0 Å². The Kier molecular flexibility index (Phi) is 3.64. The summed E-state index contributed by atoms with van der Waals surface area (Å²) in [6, 6.07) is 0. The van der Waals surface area contributed by atoms with E-state index in [1.807, 2.05) is 10.4 Å². The fourth-order valence-electron chi connectivity index (χ4n) is 0.0504. The molecule has 0 saturated heterocycles. The summed E-state index contributed by atoms with van der Waals surface area (Å²) in [6.45, 7) is 0. The molecular weight excluding hydrogens is 90.0 g/mol.